The van der Waals surface area contributed by atoms with Gasteiger partial charge in [0.1, 0.15) is 11.6 Å². The molecule has 6 heteroatoms. The number of halogens is 1. The normalized spacial score (nSPS) is 10.3. The van der Waals surface area contributed by atoms with Crippen LogP contribution in [0.4, 0.5) is 10.1 Å². The van der Waals surface area contributed by atoms with Gasteiger partial charge in [0.2, 0.25) is 5.91 Å². The van der Waals surface area contributed by atoms with Gasteiger partial charge in [0.25, 0.3) is 0 Å². The van der Waals surface area contributed by atoms with E-state index in [9.17, 15) is 14.0 Å². The first-order chi connectivity index (χ1) is 12.0. The summed E-state index contributed by atoms with van der Waals surface area (Å²) in [6.45, 7) is 2.37. The van der Waals surface area contributed by atoms with E-state index in [1.54, 1.807) is 12.1 Å². The molecule has 25 heavy (non-hydrogen) atoms. The van der Waals surface area contributed by atoms with Gasteiger partial charge in [-0.3, -0.25) is 4.79 Å². The monoisotopic (exact) mass is 345 g/mol. The zero-order valence-electron chi connectivity index (χ0n) is 13.9. The molecule has 0 radical (unpaired) electrons. The highest BCUT2D eigenvalue weighted by atomic mass is 19.1. The van der Waals surface area contributed by atoms with Crippen molar-refractivity contribution in [1.29, 1.82) is 0 Å². The second kappa shape index (κ2) is 8.82. The quantitative estimate of drug-likeness (QED) is 0.761. The average molecular weight is 345 g/mol. The Morgan fingerprint density at radius 2 is 1.88 bits per heavy atom. The smallest absolute Gasteiger partial charge is 0.335 e. The first-order valence-corrected chi connectivity index (χ1v) is 8.04. The zero-order valence-corrected chi connectivity index (χ0v) is 13.9. The van der Waals surface area contributed by atoms with Gasteiger partial charge in [-0.15, -0.1) is 0 Å². The highest BCUT2D eigenvalue weighted by Gasteiger charge is 2.10. The van der Waals surface area contributed by atoms with Crippen molar-refractivity contribution in [3.05, 3.63) is 59.4 Å². The van der Waals surface area contributed by atoms with Crippen molar-refractivity contribution in [3.63, 3.8) is 0 Å². The molecule has 0 fully saturated rings. The van der Waals surface area contributed by atoms with Crippen LogP contribution in [0.15, 0.2) is 42.5 Å². The van der Waals surface area contributed by atoms with Crippen molar-refractivity contribution < 1.29 is 23.8 Å². The highest BCUT2D eigenvalue weighted by Crippen LogP contribution is 2.26. The minimum Gasteiger partial charge on any atom is -0.491 e. The molecule has 5 nitrogen and oxygen atoms in total. The summed E-state index contributed by atoms with van der Waals surface area (Å²) in [5.74, 6) is -1.33. The fourth-order valence-electron chi connectivity index (χ4n) is 2.22. The molecule has 0 spiro atoms. The van der Waals surface area contributed by atoms with E-state index in [-0.39, 0.29) is 17.9 Å². The summed E-state index contributed by atoms with van der Waals surface area (Å²) in [6.07, 6.45) is 1.46. The lowest BCUT2D eigenvalue weighted by molar-refractivity contribution is -0.116. The Balaban J connectivity index is 1.94. The molecular formula is C19H20FNO4. The number of carboxylic acids is 1. The number of amides is 1. The van der Waals surface area contributed by atoms with Crippen LogP contribution in [0.5, 0.6) is 5.75 Å². The Labute approximate surface area is 145 Å². The van der Waals surface area contributed by atoms with Crippen molar-refractivity contribution in [2.45, 2.75) is 26.2 Å². The number of nitrogens with one attached hydrogen (secondary N) is 1. The molecular weight excluding hydrogens is 325 g/mol. The summed E-state index contributed by atoms with van der Waals surface area (Å²) in [5.41, 5.74) is 1.50. The van der Waals surface area contributed by atoms with Crippen molar-refractivity contribution in [3.8, 4) is 5.75 Å². The van der Waals surface area contributed by atoms with E-state index in [0.29, 0.717) is 24.5 Å². The van der Waals surface area contributed by atoms with Crippen LogP contribution in [0.1, 0.15) is 35.7 Å². The van der Waals surface area contributed by atoms with E-state index >= 15 is 0 Å². The number of ether oxygens (including phenoxy) is 1. The first-order valence-electron chi connectivity index (χ1n) is 8.04. The van der Waals surface area contributed by atoms with Crippen LogP contribution >= 0.6 is 0 Å². The molecule has 0 unspecified atom stereocenters. The number of hydrogen-bond donors (Lipinski definition) is 2. The molecule has 0 aliphatic heterocycles. The molecule has 0 bridgehead atoms. The molecule has 0 saturated heterocycles. The molecule has 132 valence electrons. The number of aromatic carboxylic acids is 1. The standard InChI is InChI=1S/C19H20FNO4/c1-2-11-25-17-12-15(20)8-9-16(17)21-18(22)10-5-13-3-6-14(7-4-13)19(23)24/h3-4,6-9,12H,2,5,10-11H2,1H3,(H,21,22)(H,23,24). The Morgan fingerprint density at radius 1 is 1.16 bits per heavy atom. The minimum absolute atomic E-state index is 0.206. The van der Waals surface area contributed by atoms with Crippen LogP contribution < -0.4 is 10.1 Å². The van der Waals surface area contributed by atoms with Gasteiger partial charge in [0, 0.05) is 12.5 Å². The Bertz CT molecular complexity index is 744. The van der Waals surface area contributed by atoms with E-state index in [0.717, 1.165) is 12.0 Å². The van der Waals surface area contributed by atoms with Crippen LogP contribution in [-0.4, -0.2) is 23.6 Å². The van der Waals surface area contributed by atoms with Crippen molar-refractivity contribution in [2.24, 2.45) is 0 Å². The molecule has 0 atom stereocenters. The molecule has 0 aromatic heterocycles. The van der Waals surface area contributed by atoms with E-state index in [1.165, 1.54) is 30.3 Å². The molecule has 2 aromatic rings. The summed E-state index contributed by atoms with van der Waals surface area (Å²) in [7, 11) is 0. The summed E-state index contributed by atoms with van der Waals surface area (Å²) >= 11 is 0. The number of anilines is 1. The lowest BCUT2D eigenvalue weighted by Crippen LogP contribution is -2.13. The van der Waals surface area contributed by atoms with Gasteiger partial charge in [-0.1, -0.05) is 19.1 Å². The topological polar surface area (TPSA) is 75.6 Å². The lowest BCUT2D eigenvalue weighted by Gasteiger charge is -2.12. The summed E-state index contributed by atoms with van der Waals surface area (Å²) < 4.78 is 18.8. The Morgan fingerprint density at radius 3 is 2.52 bits per heavy atom. The molecule has 0 aliphatic carbocycles. The average Bonchev–Trinajstić information content (AvgIpc) is 2.60. The number of carboxylic acid groups (broad SMARTS) is 1. The summed E-state index contributed by atoms with van der Waals surface area (Å²) in [6, 6.07) is 10.4. The molecule has 2 aromatic carbocycles. The summed E-state index contributed by atoms with van der Waals surface area (Å²) in [4.78, 5) is 22.9. The van der Waals surface area contributed by atoms with Crippen molar-refractivity contribution in [2.75, 3.05) is 11.9 Å². The van der Waals surface area contributed by atoms with E-state index < -0.39 is 11.8 Å². The van der Waals surface area contributed by atoms with Crippen LogP contribution in [0.2, 0.25) is 0 Å². The number of hydrogen-bond acceptors (Lipinski definition) is 3. The third-order valence-electron chi connectivity index (χ3n) is 3.52. The zero-order chi connectivity index (χ0) is 18.2. The van der Waals surface area contributed by atoms with Crippen LogP contribution in [0.3, 0.4) is 0 Å². The molecule has 0 heterocycles. The van der Waals surface area contributed by atoms with Crippen LogP contribution in [0.25, 0.3) is 0 Å². The number of benzene rings is 2. The third kappa shape index (κ3) is 5.60. The predicted octanol–water partition coefficient (Wildman–Crippen LogP) is 3.88. The van der Waals surface area contributed by atoms with Crippen molar-refractivity contribution in [1.82, 2.24) is 0 Å². The molecule has 2 N–H and O–H groups in total. The van der Waals surface area contributed by atoms with Crippen LogP contribution in [-0.2, 0) is 11.2 Å². The number of aryl methyl sites for hydroxylation is 1. The minimum atomic E-state index is -0.986. The second-order valence-electron chi connectivity index (χ2n) is 5.54. The van der Waals surface area contributed by atoms with E-state index in [1.807, 2.05) is 6.92 Å². The molecule has 0 saturated carbocycles. The van der Waals surface area contributed by atoms with E-state index in [2.05, 4.69) is 5.32 Å². The third-order valence-corrected chi connectivity index (χ3v) is 3.52. The Kier molecular flexibility index (Phi) is 6.51. The molecule has 0 aliphatic rings. The number of carbonyl (C=O) groups excluding carboxylic acids is 1. The van der Waals surface area contributed by atoms with Gasteiger partial charge in [-0.05, 0) is 42.7 Å². The van der Waals surface area contributed by atoms with Gasteiger partial charge in [0.15, 0.2) is 0 Å². The maximum atomic E-state index is 13.3. The number of carbonyl (C=O) groups is 2. The highest BCUT2D eigenvalue weighted by molar-refractivity contribution is 5.92. The van der Waals surface area contributed by atoms with Crippen molar-refractivity contribution >= 4 is 17.6 Å². The predicted molar refractivity (Wildman–Crippen MR) is 92.5 cm³/mol. The lowest BCUT2D eigenvalue weighted by atomic mass is 10.1. The second-order valence-corrected chi connectivity index (χ2v) is 5.54. The molecule has 1 amide bonds. The maximum Gasteiger partial charge on any atom is 0.335 e. The van der Waals surface area contributed by atoms with Gasteiger partial charge in [-0.25, -0.2) is 9.18 Å². The van der Waals surface area contributed by atoms with Gasteiger partial charge < -0.3 is 15.2 Å². The Hall–Kier alpha value is -2.89. The fraction of sp³-hybridized carbons (Fsp3) is 0.263. The summed E-state index contributed by atoms with van der Waals surface area (Å²) in [5, 5.41) is 11.6. The molecule has 2 rings (SSSR count). The SMILES string of the molecule is CCCOc1cc(F)ccc1NC(=O)CCc1ccc(C(=O)O)cc1. The van der Waals surface area contributed by atoms with Gasteiger partial charge in [0.05, 0.1) is 17.9 Å². The fourth-order valence-corrected chi connectivity index (χ4v) is 2.22. The van der Waals surface area contributed by atoms with E-state index in [4.69, 9.17) is 9.84 Å². The van der Waals surface area contributed by atoms with Crippen LogP contribution in [0, 0.1) is 5.82 Å². The number of rotatable bonds is 8. The largest absolute Gasteiger partial charge is 0.491 e. The maximum absolute atomic E-state index is 13.3. The first kappa shape index (κ1) is 18.4. The van der Waals surface area contributed by atoms with Gasteiger partial charge >= 0.3 is 5.97 Å². The van der Waals surface area contributed by atoms with Gasteiger partial charge in [-0.2, -0.15) is 0 Å².